The molecule has 25 heavy (non-hydrogen) atoms. The van der Waals surface area contributed by atoms with Gasteiger partial charge in [-0.15, -0.1) is 0 Å². The number of nitrogens with zero attached hydrogens (tertiary/aromatic N) is 2. The normalized spacial score (nSPS) is 11.1. The summed E-state index contributed by atoms with van der Waals surface area (Å²) >= 11 is 11.6. The molecule has 0 bridgehead atoms. The summed E-state index contributed by atoms with van der Waals surface area (Å²) in [5, 5.41) is 3.18. The molecule has 1 N–H and O–H groups in total. The molecule has 2 aromatic carbocycles. The molecule has 0 saturated heterocycles. The molecular weight excluding hydrogens is 385 g/mol. The summed E-state index contributed by atoms with van der Waals surface area (Å²) < 4.78 is 29.9. The van der Waals surface area contributed by atoms with Gasteiger partial charge in [-0.2, -0.15) is 8.42 Å². The Morgan fingerprint density at radius 1 is 0.880 bits per heavy atom. The van der Waals surface area contributed by atoms with Gasteiger partial charge in [-0.25, -0.2) is 9.97 Å². The van der Waals surface area contributed by atoms with Gasteiger partial charge in [0.05, 0.1) is 0 Å². The molecule has 0 unspecified atom stereocenters. The van der Waals surface area contributed by atoms with Crippen LogP contribution in [0.15, 0.2) is 65.6 Å². The topological polar surface area (TPSA) is 81.2 Å². The molecule has 0 amide bonds. The largest absolute Gasteiger partial charge is 0.379 e. The summed E-state index contributed by atoms with van der Waals surface area (Å²) in [6.45, 7) is 0. The summed E-state index contributed by atoms with van der Waals surface area (Å²) in [4.78, 5) is 7.91. The molecule has 9 heteroatoms. The molecule has 0 aliphatic heterocycles. The molecule has 1 aromatic heterocycles. The highest BCUT2D eigenvalue weighted by Crippen LogP contribution is 2.23. The van der Waals surface area contributed by atoms with Crippen LogP contribution in [0.5, 0.6) is 5.75 Å². The quantitative estimate of drug-likeness (QED) is 0.512. The van der Waals surface area contributed by atoms with Gasteiger partial charge in [0.2, 0.25) is 5.95 Å². The smallest absolute Gasteiger partial charge is 0.339 e. The van der Waals surface area contributed by atoms with Gasteiger partial charge >= 0.3 is 10.1 Å². The van der Waals surface area contributed by atoms with Gasteiger partial charge in [0.1, 0.15) is 21.0 Å². The van der Waals surface area contributed by atoms with Crippen molar-refractivity contribution >= 4 is 45.0 Å². The number of hydrogen-bond donors (Lipinski definition) is 1. The molecule has 0 aliphatic rings. The standard InChI is InChI=1S/C16H11Cl2N3O3S/c17-14-10-15(18)21-16(20-14)19-11-5-4-8-13(9-11)25(22,23)24-12-6-2-1-3-7-12/h1-10H,(H,19,20,21). The van der Waals surface area contributed by atoms with Crippen LogP contribution in [0, 0.1) is 0 Å². The molecule has 3 aromatic rings. The molecule has 0 saturated carbocycles. The third-order valence-electron chi connectivity index (χ3n) is 2.99. The molecular formula is C16H11Cl2N3O3S. The van der Waals surface area contributed by atoms with Crippen LogP contribution >= 0.6 is 23.2 Å². The van der Waals surface area contributed by atoms with E-state index in [1.54, 1.807) is 42.5 Å². The maximum absolute atomic E-state index is 12.4. The average molecular weight is 396 g/mol. The van der Waals surface area contributed by atoms with Crippen molar-refractivity contribution in [1.29, 1.82) is 0 Å². The second-order valence-corrected chi connectivity index (χ2v) is 7.16. The zero-order valence-electron chi connectivity index (χ0n) is 12.6. The van der Waals surface area contributed by atoms with Crippen LogP contribution in [-0.4, -0.2) is 18.4 Å². The number of rotatable bonds is 5. The van der Waals surface area contributed by atoms with Gasteiger partial charge < -0.3 is 9.50 Å². The fourth-order valence-corrected chi connectivity index (χ4v) is 3.36. The molecule has 3 rings (SSSR count). The number of benzene rings is 2. The Kier molecular flexibility index (Phi) is 5.08. The molecule has 0 atom stereocenters. The maximum Gasteiger partial charge on any atom is 0.339 e. The Balaban J connectivity index is 1.85. The van der Waals surface area contributed by atoms with Crippen molar-refractivity contribution in [3.8, 4) is 5.75 Å². The van der Waals surface area contributed by atoms with E-state index < -0.39 is 10.1 Å². The first kappa shape index (κ1) is 17.5. The monoisotopic (exact) mass is 395 g/mol. The van der Waals surface area contributed by atoms with Crippen molar-refractivity contribution in [3.63, 3.8) is 0 Å². The molecule has 128 valence electrons. The van der Waals surface area contributed by atoms with Crippen molar-refractivity contribution in [1.82, 2.24) is 9.97 Å². The minimum Gasteiger partial charge on any atom is -0.379 e. The van der Waals surface area contributed by atoms with Crippen molar-refractivity contribution in [2.75, 3.05) is 5.32 Å². The number of hydrogen-bond acceptors (Lipinski definition) is 6. The predicted molar refractivity (Wildman–Crippen MR) is 96.0 cm³/mol. The Bertz CT molecular complexity index is 978. The van der Waals surface area contributed by atoms with E-state index in [4.69, 9.17) is 27.4 Å². The minimum absolute atomic E-state index is 0.0190. The Morgan fingerprint density at radius 2 is 1.56 bits per heavy atom. The van der Waals surface area contributed by atoms with Gasteiger partial charge in [-0.05, 0) is 30.3 Å². The van der Waals surface area contributed by atoms with Crippen LogP contribution < -0.4 is 9.50 Å². The molecule has 0 spiro atoms. The van der Waals surface area contributed by atoms with E-state index in [1.807, 2.05) is 0 Å². The van der Waals surface area contributed by atoms with Crippen molar-refractivity contribution in [2.45, 2.75) is 4.90 Å². The SMILES string of the molecule is O=S(=O)(Oc1ccccc1)c1cccc(Nc2nc(Cl)cc(Cl)n2)c1. The van der Waals surface area contributed by atoms with Crippen LogP contribution in [0.1, 0.15) is 0 Å². The van der Waals surface area contributed by atoms with E-state index in [0.717, 1.165) is 0 Å². The second-order valence-electron chi connectivity index (χ2n) is 4.84. The van der Waals surface area contributed by atoms with Gasteiger partial charge in [0.25, 0.3) is 0 Å². The van der Waals surface area contributed by atoms with Gasteiger partial charge in [-0.3, -0.25) is 0 Å². The summed E-state index contributed by atoms with van der Waals surface area (Å²) in [7, 11) is -3.98. The number of para-hydroxylation sites is 1. The summed E-state index contributed by atoms with van der Waals surface area (Å²) in [6.07, 6.45) is 0. The Morgan fingerprint density at radius 3 is 2.24 bits per heavy atom. The van der Waals surface area contributed by atoms with Crippen LogP contribution in [0.2, 0.25) is 10.3 Å². The summed E-state index contributed by atoms with van der Waals surface area (Å²) in [5.41, 5.74) is 0.441. The van der Waals surface area contributed by atoms with Crippen molar-refractivity contribution in [3.05, 3.63) is 71.0 Å². The van der Waals surface area contributed by atoms with Crippen LogP contribution in [0.4, 0.5) is 11.6 Å². The number of halogens is 2. The van der Waals surface area contributed by atoms with E-state index in [1.165, 1.54) is 18.2 Å². The number of aromatic nitrogens is 2. The lowest BCUT2D eigenvalue weighted by atomic mass is 10.3. The first-order valence-electron chi connectivity index (χ1n) is 6.99. The average Bonchev–Trinajstić information content (AvgIpc) is 2.54. The number of anilines is 2. The van der Waals surface area contributed by atoms with Crippen LogP contribution in [-0.2, 0) is 10.1 Å². The van der Waals surface area contributed by atoms with Gasteiger partial charge in [-0.1, -0.05) is 47.5 Å². The summed E-state index contributed by atoms with van der Waals surface area (Å²) in [5.74, 6) is 0.377. The fourth-order valence-electron chi connectivity index (χ4n) is 1.96. The molecule has 6 nitrogen and oxygen atoms in total. The highest BCUT2D eigenvalue weighted by Gasteiger charge is 2.17. The fraction of sp³-hybridized carbons (Fsp3) is 0. The van der Waals surface area contributed by atoms with Crippen LogP contribution in [0.3, 0.4) is 0 Å². The van der Waals surface area contributed by atoms with Crippen LogP contribution in [0.25, 0.3) is 0 Å². The molecule has 1 heterocycles. The highest BCUT2D eigenvalue weighted by molar-refractivity contribution is 7.87. The van der Waals surface area contributed by atoms with E-state index in [2.05, 4.69) is 15.3 Å². The second kappa shape index (κ2) is 7.26. The molecule has 0 radical (unpaired) electrons. The predicted octanol–water partition coefficient (Wildman–Crippen LogP) is 4.29. The minimum atomic E-state index is -3.98. The number of nitrogens with one attached hydrogen (secondary N) is 1. The highest BCUT2D eigenvalue weighted by atomic mass is 35.5. The lowest BCUT2D eigenvalue weighted by molar-refractivity contribution is 0.486. The van der Waals surface area contributed by atoms with Crippen molar-refractivity contribution < 1.29 is 12.6 Å². The van der Waals surface area contributed by atoms with Crippen molar-refractivity contribution in [2.24, 2.45) is 0 Å². The van der Waals surface area contributed by atoms with E-state index >= 15 is 0 Å². The molecule has 0 fully saturated rings. The first-order valence-corrected chi connectivity index (χ1v) is 9.15. The van der Waals surface area contributed by atoms with Gasteiger partial charge in [0, 0.05) is 11.8 Å². The lowest BCUT2D eigenvalue weighted by Crippen LogP contribution is -2.10. The maximum atomic E-state index is 12.4. The Labute approximate surface area is 154 Å². The van der Waals surface area contributed by atoms with Gasteiger partial charge in [0.15, 0.2) is 0 Å². The third-order valence-corrected chi connectivity index (χ3v) is 4.62. The first-order chi connectivity index (χ1) is 11.9. The Hall–Kier alpha value is -2.35. The zero-order valence-corrected chi connectivity index (χ0v) is 14.9. The van der Waals surface area contributed by atoms with E-state index in [-0.39, 0.29) is 26.9 Å². The van der Waals surface area contributed by atoms with E-state index in [9.17, 15) is 8.42 Å². The van der Waals surface area contributed by atoms with E-state index in [0.29, 0.717) is 5.69 Å². The molecule has 0 aliphatic carbocycles. The zero-order chi connectivity index (χ0) is 17.9. The third kappa shape index (κ3) is 4.60. The summed E-state index contributed by atoms with van der Waals surface area (Å²) in [6, 6.07) is 15.7. The lowest BCUT2D eigenvalue weighted by Gasteiger charge is -2.09.